The van der Waals surface area contributed by atoms with Crippen molar-refractivity contribution >= 4 is 16.0 Å². The molecule has 0 radical (unpaired) electrons. The third-order valence-corrected chi connectivity index (χ3v) is 7.25. The Bertz CT molecular complexity index is 775. The van der Waals surface area contributed by atoms with Gasteiger partial charge < -0.3 is 15.0 Å². The number of ether oxygens (including phenoxy) is 1. The fraction of sp³-hybridized carbons (Fsp3) is 0.650. The number of hydrogen-bond acceptors (Lipinski definition) is 4. The summed E-state index contributed by atoms with van der Waals surface area (Å²) in [6.07, 6.45) is 2.44. The first-order valence-corrected chi connectivity index (χ1v) is 11.7. The maximum absolute atomic E-state index is 12.8. The first-order valence-electron chi connectivity index (χ1n) is 10.1. The molecule has 0 aliphatic carbocycles. The highest BCUT2D eigenvalue weighted by atomic mass is 32.2. The second-order valence-electron chi connectivity index (χ2n) is 7.63. The zero-order valence-corrected chi connectivity index (χ0v) is 17.7. The zero-order chi connectivity index (χ0) is 20.0. The number of rotatable bonds is 5. The van der Waals surface area contributed by atoms with E-state index in [9.17, 15) is 8.42 Å². The SMILES string of the molecule is CN=C(NCc1ccccc1CS(=O)(=O)N1CCOCC1)N1CCCC(C)C1. The Balaban J connectivity index is 1.66. The van der Waals surface area contributed by atoms with Crippen LogP contribution in [0.3, 0.4) is 0 Å². The molecular weight excluding hydrogens is 376 g/mol. The molecule has 0 spiro atoms. The van der Waals surface area contributed by atoms with Crippen LogP contribution in [0, 0.1) is 5.92 Å². The first-order chi connectivity index (χ1) is 13.5. The molecule has 2 aliphatic rings. The quantitative estimate of drug-likeness (QED) is 0.592. The van der Waals surface area contributed by atoms with Crippen LogP contribution in [-0.4, -0.2) is 70.0 Å². The van der Waals surface area contributed by atoms with Crippen LogP contribution < -0.4 is 5.32 Å². The minimum atomic E-state index is -3.35. The van der Waals surface area contributed by atoms with Crippen LogP contribution in [0.4, 0.5) is 0 Å². The van der Waals surface area contributed by atoms with Crippen molar-refractivity contribution in [3.8, 4) is 0 Å². The summed E-state index contributed by atoms with van der Waals surface area (Å²) in [7, 11) is -1.54. The highest BCUT2D eigenvalue weighted by Crippen LogP contribution is 2.18. The summed E-state index contributed by atoms with van der Waals surface area (Å²) in [6, 6.07) is 7.74. The van der Waals surface area contributed by atoms with E-state index in [1.54, 1.807) is 7.05 Å². The molecule has 1 atom stereocenters. The third-order valence-electron chi connectivity index (χ3n) is 5.43. The molecule has 7 nitrogen and oxygen atoms in total. The van der Waals surface area contributed by atoms with Crippen molar-refractivity contribution < 1.29 is 13.2 Å². The Hall–Kier alpha value is -1.64. The molecule has 2 saturated heterocycles. The highest BCUT2D eigenvalue weighted by Gasteiger charge is 2.25. The van der Waals surface area contributed by atoms with Crippen LogP contribution in [-0.2, 0) is 27.1 Å². The van der Waals surface area contributed by atoms with Crippen molar-refractivity contribution in [3.05, 3.63) is 35.4 Å². The molecule has 1 unspecified atom stereocenters. The van der Waals surface area contributed by atoms with Crippen molar-refractivity contribution in [2.45, 2.75) is 32.1 Å². The largest absolute Gasteiger partial charge is 0.379 e. The average Bonchev–Trinajstić information content (AvgIpc) is 2.70. The Morgan fingerprint density at radius 2 is 1.93 bits per heavy atom. The van der Waals surface area contributed by atoms with Gasteiger partial charge in [-0.15, -0.1) is 0 Å². The molecule has 0 amide bonds. The fourth-order valence-corrected chi connectivity index (χ4v) is 5.43. The van der Waals surface area contributed by atoms with Crippen molar-refractivity contribution in [3.63, 3.8) is 0 Å². The number of likely N-dealkylation sites (tertiary alicyclic amines) is 1. The van der Waals surface area contributed by atoms with Gasteiger partial charge in [0.05, 0.1) is 19.0 Å². The van der Waals surface area contributed by atoms with Gasteiger partial charge in [0.2, 0.25) is 10.0 Å². The second-order valence-corrected chi connectivity index (χ2v) is 9.60. The van der Waals surface area contributed by atoms with Crippen LogP contribution in [0.2, 0.25) is 0 Å². The summed E-state index contributed by atoms with van der Waals surface area (Å²) < 4.78 is 32.4. The summed E-state index contributed by atoms with van der Waals surface area (Å²) in [5.74, 6) is 1.57. The molecule has 0 bridgehead atoms. The lowest BCUT2D eigenvalue weighted by atomic mass is 10.0. The number of morpholine rings is 1. The maximum atomic E-state index is 12.8. The fourth-order valence-electron chi connectivity index (χ4n) is 3.87. The summed E-state index contributed by atoms with van der Waals surface area (Å²) >= 11 is 0. The average molecular weight is 409 g/mol. The van der Waals surface area contributed by atoms with Crippen LogP contribution in [0.25, 0.3) is 0 Å². The Morgan fingerprint density at radius 3 is 2.61 bits per heavy atom. The minimum Gasteiger partial charge on any atom is -0.379 e. The van der Waals surface area contributed by atoms with E-state index < -0.39 is 10.0 Å². The summed E-state index contributed by atoms with van der Waals surface area (Å²) in [6.45, 7) is 6.65. The smallest absolute Gasteiger partial charge is 0.218 e. The zero-order valence-electron chi connectivity index (χ0n) is 16.9. The van der Waals surface area contributed by atoms with Gasteiger partial charge in [-0.3, -0.25) is 4.99 Å². The number of sulfonamides is 1. The predicted octanol–water partition coefficient (Wildman–Crippen LogP) is 1.66. The molecule has 0 aromatic heterocycles. The number of guanidine groups is 1. The number of piperidine rings is 1. The molecule has 1 aromatic carbocycles. The van der Waals surface area contributed by atoms with E-state index >= 15 is 0 Å². The van der Waals surface area contributed by atoms with Crippen molar-refractivity contribution in [1.29, 1.82) is 0 Å². The molecule has 2 heterocycles. The van der Waals surface area contributed by atoms with Gasteiger partial charge in [0.15, 0.2) is 5.96 Å². The number of hydrogen-bond donors (Lipinski definition) is 1. The third kappa shape index (κ3) is 5.46. The number of nitrogens with zero attached hydrogens (tertiary/aromatic N) is 3. The van der Waals surface area contributed by atoms with E-state index in [-0.39, 0.29) is 5.75 Å². The number of nitrogens with one attached hydrogen (secondary N) is 1. The van der Waals surface area contributed by atoms with Gasteiger partial charge in [0.25, 0.3) is 0 Å². The summed E-state index contributed by atoms with van der Waals surface area (Å²) in [5, 5.41) is 3.43. The lowest BCUT2D eigenvalue weighted by Crippen LogP contribution is -2.46. The van der Waals surface area contributed by atoms with Gasteiger partial charge in [-0.2, -0.15) is 4.31 Å². The van der Waals surface area contributed by atoms with E-state index in [2.05, 4.69) is 22.1 Å². The number of aliphatic imine (C=N–C) groups is 1. The Kier molecular flexibility index (Phi) is 7.31. The minimum absolute atomic E-state index is 0.0181. The van der Waals surface area contributed by atoms with E-state index in [0.29, 0.717) is 38.8 Å². The predicted molar refractivity (Wildman–Crippen MR) is 112 cm³/mol. The molecule has 3 rings (SSSR count). The Morgan fingerprint density at radius 1 is 1.21 bits per heavy atom. The second kappa shape index (κ2) is 9.71. The van der Waals surface area contributed by atoms with E-state index in [4.69, 9.17) is 4.74 Å². The van der Waals surface area contributed by atoms with Crippen LogP contribution in [0.1, 0.15) is 30.9 Å². The van der Waals surface area contributed by atoms with Crippen molar-refractivity contribution in [1.82, 2.24) is 14.5 Å². The molecule has 2 aliphatic heterocycles. The molecule has 0 saturated carbocycles. The van der Waals surface area contributed by atoms with Gasteiger partial charge in [0.1, 0.15) is 0 Å². The molecule has 2 fully saturated rings. The molecule has 156 valence electrons. The first kappa shape index (κ1) is 21.1. The lowest BCUT2D eigenvalue weighted by molar-refractivity contribution is 0.0729. The van der Waals surface area contributed by atoms with Crippen molar-refractivity contribution in [2.24, 2.45) is 10.9 Å². The van der Waals surface area contributed by atoms with Crippen molar-refractivity contribution in [2.75, 3.05) is 46.4 Å². The van der Waals surface area contributed by atoms with Gasteiger partial charge >= 0.3 is 0 Å². The summed E-state index contributed by atoms with van der Waals surface area (Å²) in [5.41, 5.74) is 1.83. The van der Waals surface area contributed by atoms with E-state index in [0.717, 1.165) is 30.2 Å². The van der Waals surface area contributed by atoms with Gasteiger partial charge in [-0.1, -0.05) is 31.2 Å². The molecule has 1 N–H and O–H groups in total. The van der Waals surface area contributed by atoms with E-state index in [1.807, 2.05) is 24.3 Å². The normalized spacial score (nSPS) is 22.3. The van der Waals surface area contributed by atoms with Crippen LogP contribution in [0.5, 0.6) is 0 Å². The van der Waals surface area contributed by atoms with Gasteiger partial charge in [0, 0.05) is 39.8 Å². The molecule has 8 heteroatoms. The Labute approximate surface area is 168 Å². The van der Waals surface area contributed by atoms with Gasteiger partial charge in [-0.05, 0) is 29.9 Å². The lowest BCUT2D eigenvalue weighted by Gasteiger charge is -2.33. The molecular formula is C20H32N4O3S. The molecule has 1 aromatic rings. The van der Waals surface area contributed by atoms with Crippen LogP contribution >= 0.6 is 0 Å². The number of benzene rings is 1. The van der Waals surface area contributed by atoms with Crippen LogP contribution in [0.15, 0.2) is 29.3 Å². The highest BCUT2D eigenvalue weighted by molar-refractivity contribution is 7.88. The maximum Gasteiger partial charge on any atom is 0.218 e. The standard InChI is InChI=1S/C20H32N4O3S/c1-17-6-5-9-23(15-17)20(21-2)22-14-18-7-3-4-8-19(18)16-28(25,26)24-10-12-27-13-11-24/h3-4,7-8,17H,5-6,9-16H2,1-2H3,(H,21,22). The monoisotopic (exact) mass is 408 g/mol. The summed E-state index contributed by atoms with van der Waals surface area (Å²) in [4.78, 5) is 6.72. The topological polar surface area (TPSA) is 74.2 Å². The van der Waals surface area contributed by atoms with E-state index in [1.165, 1.54) is 17.1 Å². The van der Waals surface area contributed by atoms with Gasteiger partial charge in [-0.25, -0.2) is 8.42 Å². The molecule has 28 heavy (non-hydrogen) atoms.